The lowest BCUT2D eigenvalue weighted by atomic mass is 10.3. The van der Waals surface area contributed by atoms with E-state index in [-0.39, 0.29) is 12.1 Å². The van der Waals surface area contributed by atoms with Crippen LogP contribution in [0, 0.1) is 0 Å². The minimum Gasteiger partial charge on any atom is -0.323 e. The van der Waals surface area contributed by atoms with Gasteiger partial charge in [0.05, 0.1) is 15.6 Å². The van der Waals surface area contributed by atoms with Crippen molar-refractivity contribution in [3.63, 3.8) is 0 Å². The molecular formula is C16H11Cl2N3O2S. The molecule has 1 amide bonds. The van der Waals surface area contributed by atoms with E-state index in [9.17, 15) is 9.59 Å². The van der Waals surface area contributed by atoms with Crippen LogP contribution in [0.4, 0.5) is 5.69 Å². The first kappa shape index (κ1) is 16.7. The average molecular weight is 380 g/mol. The van der Waals surface area contributed by atoms with Gasteiger partial charge in [-0.2, -0.15) is 5.10 Å². The molecule has 3 rings (SSSR count). The maximum Gasteiger partial charge on any atom is 0.267 e. The fourth-order valence-electron chi connectivity index (χ4n) is 2.04. The van der Waals surface area contributed by atoms with E-state index in [1.807, 2.05) is 17.5 Å². The Morgan fingerprint density at radius 3 is 2.79 bits per heavy atom. The topological polar surface area (TPSA) is 64.0 Å². The van der Waals surface area contributed by atoms with Crippen LogP contribution < -0.4 is 10.9 Å². The number of hydrogen-bond acceptors (Lipinski definition) is 4. The number of amides is 1. The van der Waals surface area contributed by atoms with Crippen LogP contribution in [-0.2, 0) is 11.3 Å². The van der Waals surface area contributed by atoms with Crippen LogP contribution in [-0.4, -0.2) is 15.7 Å². The Kier molecular flexibility index (Phi) is 4.99. The molecule has 3 aromatic rings. The van der Waals surface area contributed by atoms with Gasteiger partial charge in [0, 0.05) is 11.1 Å². The largest absolute Gasteiger partial charge is 0.323 e. The minimum absolute atomic E-state index is 0.221. The molecule has 24 heavy (non-hydrogen) atoms. The van der Waals surface area contributed by atoms with Gasteiger partial charge in [-0.15, -0.1) is 11.3 Å². The second-order valence-electron chi connectivity index (χ2n) is 4.86. The smallest absolute Gasteiger partial charge is 0.267 e. The van der Waals surface area contributed by atoms with Crippen molar-refractivity contribution in [3.05, 3.63) is 68.2 Å². The highest BCUT2D eigenvalue weighted by Gasteiger charge is 2.10. The standard InChI is InChI=1S/C16H11Cl2N3O2S/c17-10-3-4-11(18)13(8-10)19-15(22)9-21-16(23)6-5-12(20-21)14-2-1-7-24-14/h1-8H,9H2,(H,19,22). The summed E-state index contributed by atoms with van der Waals surface area (Å²) >= 11 is 13.4. The molecule has 0 unspecified atom stereocenters. The van der Waals surface area contributed by atoms with E-state index in [0.717, 1.165) is 9.56 Å². The SMILES string of the molecule is O=C(Cn1nc(-c2cccs2)ccc1=O)Nc1cc(Cl)ccc1Cl. The van der Waals surface area contributed by atoms with Gasteiger partial charge in [0.15, 0.2) is 0 Å². The number of thiophene rings is 1. The first-order chi connectivity index (χ1) is 11.5. The number of nitrogens with zero attached hydrogens (tertiary/aromatic N) is 2. The Balaban J connectivity index is 1.80. The van der Waals surface area contributed by atoms with Crippen LogP contribution in [0.15, 0.2) is 52.6 Å². The van der Waals surface area contributed by atoms with Crippen LogP contribution in [0.3, 0.4) is 0 Å². The van der Waals surface area contributed by atoms with Gasteiger partial charge in [0.25, 0.3) is 5.56 Å². The molecule has 0 aliphatic carbocycles. The highest BCUT2D eigenvalue weighted by atomic mass is 35.5. The number of aromatic nitrogens is 2. The van der Waals surface area contributed by atoms with Gasteiger partial charge in [-0.3, -0.25) is 9.59 Å². The van der Waals surface area contributed by atoms with Crippen LogP contribution in [0.5, 0.6) is 0 Å². The molecule has 122 valence electrons. The van der Waals surface area contributed by atoms with E-state index in [0.29, 0.717) is 21.4 Å². The fourth-order valence-corrected chi connectivity index (χ4v) is 3.06. The molecule has 2 aromatic heterocycles. The molecule has 0 atom stereocenters. The Labute approximate surface area is 151 Å². The van der Waals surface area contributed by atoms with Crippen LogP contribution in [0.2, 0.25) is 10.0 Å². The monoisotopic (exact) mass is 379 g/mol. The van der Waals surface area contributed by atoms with Crippen molar-refractivity contribution in [3.8, 4) is 10.6 Å². The Hall–Kier alpha value is -2.15. The molecule has 1 aromatic carbocycles. The first-order valence-corrected chi connectivity index (χ1v) is 8.53. The summed E-state index contributed by atoms with van der Waals surface area (Å²) in [6, 6.07) is 11.6. The van der Waals surface area contributed by atoms with Crippen LogP contribution >= 0.6 is 34.5 Å². The molecule has 1 N–H and O–H groups in total. The quantitative estimate of drug-likeness (QED) is 0.746. The summed E-state index contributed by atoms with van der Waals surface area (Å²) in [5.74, 6) is -0.419. The van der Waals surface area contributed by atoms with Crippen molar-refractivity contribution in [2.24, 2.45) is 0 Å². The molecule has 0 aliphatic rings. The summed E-state index contributed by atoms with van der Waals surface area (Å²) in [6.45, 7) is -0.221. The molecule has 0 radical (unpaired) electrons. The molecule has 0 fully saturated rings. The predicted octanol–water partition coefficient (Wildman–Crippen LogP) is 3.92. The summed E-state index contributed by atoms with van der Waals surface area (Å²) in [6.07, 6.45) is 0. The molecule has 0 saturated heterocycles. The lowest BCUT2D eigenvalue weighted by Gasteiger charge is -2.09. The molecule has 2 heterocycles. The van der Waals surface area contributed by atoms with E-state index in [2.05, 4.69) is 10.4 Å². The van der Waals surface area contributed by atoms with E-state index in [1.54, 1.807) is 24.3 Å². The van der Waals surface area contributed by atoms with Crippen LogP contribution in [0.25, 0.3) is 10.6 Å². The van der Waals surface area contributed by atoms with E-state index in [4.69, 9.17) is 23.2 Å². The highest BCUT2D eigenvalue weighted by molar-refractivity contribution is 7.13. The summed E-state index contributed by atoms with van der Waals surface area (Å²) in [5, 5.41) is 9.59. The lowest BCUT2D eigenvalue weighted by molar-refractivity contribution is -0.117. The molecule has 0 aliphatic heterocycles. The fraction of sp³-hybridized carbons (Fsp3) is 0.0625. The van der Waals surface area contributed by atoms with Gasteiger partial charge in [0.1, 0.15) is 12.2 Å². The number of rotatable bonds is 4. The van der Waals surface area contributed by atoms with Crippen molar-refractivity contribution in [2.75, 3.05) is 5.32 Å². The number of hydrogen-bond donors (Lipinski definition) is 1. The third-order valence-corrected chi connectivity index (χ3v) is 4.59. The Bertz CT molecular complexity index is 939. The van der Waals surface area contributed by atoms with E-state index >= 15 is 0 Å². The number of carbonyl (C=O) groups excluding carboxylic acids is 1. The summed E-state index contributed by atoms with van der Waals surface area (Å²) in [7, 11) is 0. The van der Waals surface area contributed by atoms with E-state index < -0.39 is 5.91 Å². The number of nitrogens with one attached hydrogen (secondary N) is 1. The van der Waals surface area contributed by atoms with Gasteiger partial charge in [-0.05, 0) is 35.7 Å². The molecule has 0 bridgehead atoms. The van der Waals surface area contributed by atoms with Crippen molar-refractivity contribution in [2.45, 2.75) is 6.54 Å². The number of halogens is 2. The molecule has 0 spiro atoms. The van der Waals surface area contributed by atoms with Gasteiger partial charge < -0.3 is 5.32 Å². The Morgan fingerprint density at radius 2 is 2.04 bits per heavy atom. The zero-order valence-electron chi connectivity index (χ0n) is 12.2. The maximum atomic E-state index is 12.2. The van der Waals surface area contributed by atoms with Gasteiger partial charge in [-0.25, -0.2) is 4.68 Å². The second-order valence-corrected chi connectivity index (χ2v) is 6.66. The number of anilines is 1. The molecule has 0 saturated carbocycles. The number of benzene rings is 1. The zero-order chi connectivity index (χ0) is 17.1. The zero-order valence-corrected chi connectivity index (χ0v) is 14.5. The summed E-state index contributed by atoms with van der Waals surface area (Å²) in [5.41, 5.74) is 0.664. The third-order valence-electron chi connectivity index (χ3n) is 3.14. The summed E-state index contributed by atoms with van der Waals surface area (Å²) < 4.78 is 1.11. The Morgan fingerprint density at radius 1 is 1.21 bits per heavy atom. The van der Waals surface area contributed by atoms with Crippen molar-refractivity contribution < 1.29 is 4.79 Å². The highest BCUT2D eigenvalue weighted by Crippen LogP contribution is 2.25. The van der Waals surface area contributed by atoms with Gasteiger partial charge in [-0.1, -0.05) is 29.3 Å². The predicted molar refractivity (Wildman–Crippen MR) is 96.9 cm³/mol. The lowest BCUT2D eigenvalue weighted by Crippen LogP contribution is -2.29. The maximum absolute atomic E-state index is 12.2. The van der Waals surface area contributed by atoms with Crippen LogP contribution in [0.1, 0.15) is 0 Å². The summed E-state index contributed by atoms with van der Waals surface area (Å²) in [4.78, 5) is 25.0. The van der Waals surface area contributed by atoms with E-state index in [1.165, 1.54) is 17.4 Å². The van der Waals surface area contributed by atoms with Crippen molar-refractivity contribution in [1.29, 1.82) is 0 Å². The minimum atomic E-state index is -0.419. The van der Waals surface area contributed by atoms with Gasteiger partial charge >= 0.3 is 0 Å². The molecule has 5 nitrogen and oxygen atoms in total. The first-order valence-electron chi connectivity index (χ1n) is 6.90. The van der Waals surface area contributed by atoms with Crippen molar-refractivity contribution >= 4 is 46.1 Å². The second kappa shape index (κ2) is 7.17. The van der Waals surface area contributed by atoms with Gasteiger partial charge in [0.2, 0.25) is 5.91 Å². The van der Waals surface area contributed by atoms with Crippen molar-refractivity contribution in [1.82, 2.24) is 9.78 Å². The average Bonchev–Trinajstić information content (AvgIpc) is 3.07. The molecule has 8 heteroatoms. The normalized spacial score (nSPS) is 10.6. The molecular weight excluding hydrogens is 369 g/mol. The number of carbonyl (C=O) groups is 1. The third kappa shape index (κ3) is 3.84.